The maximum atomic E-state index is 14.1. The van der Waals surface area contributed by atoms with Crippen molar-refractivity contribution in [2.75, 3.05) is 10.2 Å². The van der Waals surface area contributed by atoms with Crippen molar-refractivity contribution in [3.63, 3.8) is 0 Å². The van der Waals surface area contributed by atoms with Crippen molar-refractivity contribution >= 4 is 34.5 Å². The van der Waals surface area contributed by atoms with Gasteiger partial charge in [0.2, 0.25) is 11.8 Å². The molecule has 2 atom stereocenters. The van der Waals surface area contributed by atoms with E-state index >= 15 is 0 Å². The van der Waals surface area contributed by atoms with E-state index < -0.39 is 29.5 Å². The van der Waals surface area contributed by atoms with Gasteiger partial charge in [0.05, 0.1) is 17.6 Å². The van der Waals surface area contributed by atoms with Gasteiger partial charge in [-0.05, 0) is 49.1 Å². The molecule has 1 fully saturated rings. The molecule has 1 N–H and O–H groups in total. The van der Waals surface area contributed by atoms with Crippen LogP contribution in [-0.4, -0.2) is 11.8 Å². The lowest BCUT2D eigenvalue weighted by Gasteiger charge is -2.40. The van der Waals surface area contributed by atoms with Gasteiger partial charge in [-0.25, -0.2) is 8.78 Å². The van der Waals surface area contributed by atoms with Crippen molar-refractivity contribution < 1.29 is 18.4 Å². The van der Waals surface area contributed by atoms with E-state index in [2.05, 4.69) is 5.32 Å². The first kappa shape index (κ1) is 20.2. The minimum absolute atomic E-state index is 0.0609. The molecule has 2 heterocycles. The SMILES string of the molecule is Cc1ccc(N2C(=O)CCC(C(=O)Nc3ccc(F)cc3F)C2c2cccs2)cc1. The average molecular weight is 426 g/mol. The van der Waals surface area contributed by atoms with E-state index in [0.717, 1.165) is 28.3 Å². The number of benzene rings is 2. The van der Waals surface area contributed by atoms with Crippen LogP contribution in [0.25, 0.3) is 0 Å². The van der Waals surface area contributed by atoms with Gasteiger partial charge >= 0.3 is 0 Å². The maximum absolute atomic E-state index is 14.1. The molecule has 0 radical (unpaired) electrons. The van der Waals surface area contributed by atoms with Gasteiger partial charge in [0.25, 0.3) is 0 Å². The number of thiophene rings is 1. The minimum Gasteiger partial charge on any atom is -0.323 e. The lowest BCUT2D eigenvalue weighted by atomic mass is 9.86. The number of carbonyl (C=O) groups excluding carboxylic acids is 2. The van der Waals surface area contributed by atoms with Crippen LogP contribution in [0.5, 0.6) is 0 Å². The molecule has 1 aromatic heterocycles. The predicted molar refractivity (Wildman–Crippen MR) is 113 cm³/mol. The number of nitrogens with zero attached hydrogens (tertiary/aromatic N) is 1. The Morgan fingerprint density at radius 3 is 2.57 bits per heavy atom. The van der Waals surface area contributed by atoms with Gasteiger partial charge in [-0.1, -0.05) is 23.8 Å². The van der Waals surface area contributed by atoms with Crippen LogP contribution < -0.4 is 10.2 Å². The van der Waals surface area contributed by atoms with E-state index in [9.17, 15) is 18.4 Å². The highest BCUT2D eigenvalue weighted by molar-refractivity contribution is 7.10. The molecule has 1 aliphatic heterocycles. The molecule has 0 spiro atoms. The van der Waals surface area contributed by atoms with Crippen molar-refractivity contribution in [1.82, 2.24) is 0 Å². The van der Waals surface area contributed by atoms with Crippen LogP contribution in [0.1, 0.15) is 29.3 Å². The second-order valence-corrected chi connectivity index (χ2v) is 8.30. The zero-order valence-electron chi connectivity index (χ0n) is 16.3. The van der Waals surface area contributed by atoms with Gasteiger partial charge in [0.15, 0.2) is 0 Å². The molecule has 2 amide bonds. The molecule has 154 valence electrons. The number of rotatable bonds is 4. The summed E-state index contributed by atoms with van der Waals surface area (Å²) < 4.78 is 27.3. The monoisotopic (exact) mass is 426 g/mol. The molecular weight excluding hydrogens is 406 g/mol. The highest BCUT2D eigenvalue weighted by Gasteiger charge is 2.42. The van der Waals surface area contributed by atoms with Crippen molar-refractivity contribution in [2.24, 2.45) is 5.92 Å². The number of hydrogen-bond acceptors (Lipinski definition) is 3. The Morgan fingerprint density at radius 2 is 1.90 bits per heavy atom. The fourth-order valence-electron chi connectivity index (χ4n) is 3.78. The van der Waals surface area contributed by atoms with Gasteiger partial charge in [-0.3, -0.25) is 9.59 Å². The fraction of sp³-hybridized carbons (Fsp3) is 0.217. The zero-order valence-corrected chi connectivity index (χ0v) is 17.1. The summed E-state index contributed by atoms with van der Waals surface area (Å²) in [5, 5.41) is 4.48. The van der Waals surface area contributed by atoms with Crippen LogP contribution in [-0.2, 0) is 9.59 Å². The van der Waals surface area contributed by atoms with E-state index in [1.807, 2.05) is 48.7 Å². The first-order chi connectivity index (χ1) is 14.4. The van der Waals surface area contributed by atoms with Crippen LogP contribution >= 0.6 is 11.3 Å². The van der Waals surface area contributed by atoms with Crippen molar-refractivity contribution in [3.05, 3.63) is 82.1 Å². The Bertz CT molecular complexity index is 1070. The molecular formula is C23H20F2N2O2S. The summed E-state index contributed by atoms with van der Waals surface area (Å²) in [7, 11) is 0. The fourth-order valence-corrected chi connectivity index (χ4v) is 4.66. The Morgan fingerprint density at radius 1 is 1.13 bits per heavy atom. The summed E-state index contributed by atoms with van der Waals surface area (Å²) in [5.74, 6) is -2.58. The summed E-state index contributed by atoms with van der Waals surface area (Å²) in [4.78, 5) is 28.6. The van der Waals surface area contributed by atoms with E-state index in [0.29, 0.717) is 6.42 Å². The minimum atomic E-state index is -0.835. The Hall–Kier alpha value is -3.06. The standard InChI is InChI=1S/C23H20F2N2O2S/c1-14-4-7-16(8-5-14)27-21(28)11-9-17(22(27)20-3-2-12-30-20)23(29)26-19-10-6-15(24)13-18(19)25/h2-8,10,12-13,17,22H,9,11H2,1H3,(H,26,29). The number of hydrogen-bond donors (Lipinski definition) is 1. The number of amides is 2. The lowest BCUT2D eigenvalue weighted by molar-refractivity contribution is -0.125. The zero-order chi connectivity index (χ0) is 21.3. The summed E-state index contributed by atoms with van der Waals surface area (Å²) in [6.45, 7) is 1.96. The summed E-state index contributed by atoms with van der Waals surface area (Å²) in [6, 6.07) is 13.9. The molecule has 7 heteroatoms. The molecule has 4 rings (SSSR count). The number of halogens is 2. The normalized spacial score (nSPS) is 19.0. The number of carbonyl (C=O) groups is 2. The van der Waals surface area contributed by atoms with E-state index in [4.69, 9.17) is 0 Å². The van der Waals surface area contributed by atoms with Crippen LogP contribution in [0, 0.1) is 24.5 Å². The molecule has 4 nitrogen and oxygen atoms in total. The summed E-state index contributed by atoms with van der Waals surface area (Å²) in [6.07, 6.45) is 0.554. The third-order valence-electron chi connectivity index (χ3n) is 5.27. The van der Waals surface area contributed by atoms with Gasteiger partial charge in [0, 0.05) is 23.1 Å². The van der Waals surface area contributed by atoms with Crippen LogP contribution in [0.4, 0.5) is 20.2 Å². The Labute approximate surface area is 177 Å². The number of nitrogens with one attached hydrogen (secondary N) is 1. The average Bonchev–Trinajstić information content (AvgIpc) is 3.25. The van der Waals surface area contributed by atoms with Gasteiger partial charge in [-0.15, -0.1) is 11.3 Å². The van der Waals surface area contributed by atoms with Crippen LogP contribution in [0.3, 0.4) is 0 Å². The summed E-state index contributed by atoms with van der Waals surface area (Å²) in [5.41, 5.74) is 1.71. The van der Waals surface area contributed by atoms with Gasteiger partial charge in [0.1, 0.15) is 11.6 Å². The number of piperidine rings is 1. The molecule has 0 saturated carbocycles. The first-order valence-corrected chi connectivity index (χ1v) is 10.5. The predicted octanol–water partition coefficient (Wildman–Crippen LogP) is 5.46. The molecule has 1 saturated heterocycles. The molecule has 2 unspecified atom stereocenters. The number of anilines is 2. The van der Waals surface area contributed by atoms with Crippen molar-refractivity contribution in [1.29, 1.82) is 0 Å². The van der Waals surface area contributed by atoms with Gasteiger partial charge < -0.3 is 10.2 Å². The third-order valence-corrected chi connectivity index (χ3v) is 6.21. The molecule has 30 heavy (non-hydrogen) atoms. The van der Waals surface area contributed by atoms with Crippen molar-refractivity contribution in [3.8, 4) is 0 Å². The second kappa shape index (κ2) is 8.36. The Balaban J connectivity index is 1.70. The molecule has 0 aliphatic carbocycles. The molecule has 3 aromatic rings. The van der Waals surface area contributed by atoms with E-state index in [1.165, 1.54) is 17.4 Å². The van der Waals surface area contributed by atoms with E-state index in [1.54, 1.807) is 4.90 Å². The maximum Gasteiger partial charge on any atom is 0.230 e. The molecule has 1 aliphatic rings. The third kappa shape index (κ3) is 3.98. The Kier molecular flexibility index (Phi) is 5.63. The van der Waals surface area contributed by atoms with Gasteiger partial charge in [-0.2, -0.15) is 0 Å². The van der Waals surface area contributed by atoms with E-state index in [-0.39, 0.29) is 18.0 Å². The van der Waals surface area contributed by atoms with Crippen LogP contribution in [0.2, 0.25) is 0 Å². The van der Waals surface area contributed by atoms with Crippen molar-refractivity contribution in [2.45, 2.75) is 25.8 Å². The topological polar surface area (TPSA) is 49.4 Å². The summed E-state index contributed by atoms with van der Waals surface area (Å²) >= 11 is 1.47. The first-order valence-electron chi connectivity index (χ1n) is 9.62. The molecule has 2 aromatic carbocycles. The lowest BCUT2D eigenvalue weighted by Crippen LogP contribution is -2.46. The quantitative estimate of drug-likeness (QED) is 0.602. The molecule has 0 bridgehead atoms. The highest BCUT2D eigenvalue weighted by atomic mass is 32.1. The highest BCUT2D eigenvalue weighted by Crippen LogP contribution is 2.42. The second-order valence-electron chi connectivity index (χ2n) is 7.32. The number of aryl methyl sites for hydroxylation is 1. The largest absolute Gasteiger partial charge is 0.323 e. The van der Waals surface area contributed by atoms with Crippen LogP contribution in [0.15, 0.2) is 60.0 Å². The smallest absolute Gasteiger partial charge is 0.230 e.